The molecule has 0 amide bonds. The van der Waals surface area contributed by atoms with E-state index in [0.717, 1.165) is 0 Å². The molecule has 1 N–H and O–H groups in total. The molecule has 2 nitrogen and oxygen atoms in total. The SMILES string of the molecule is Cc1cc(C)c(SCC(O)CC#N)c(C)c1. The van der Waals surface area contributed by atoms with Gasteiger partial charge >= 0.3 is 0 Å². The Hall–Kier alpha value is -0.980. The summed E-state index contributed by atoms with van der Waals surface area (Å²) in [4.78, 5) is 1.22. The highest BCUT2D eigenvalue weighted by Gasteiger charge is 2.08. The molecule has 0 aliphatic heterocycles. The molecule has 0 aliphatic rings. The molecule has 1 atom stereocenters. The van der Waals surface area contributed by atoms with E-state index in [0.29, 0.717) is 5.75 Å². The molecule has 1 unspecified atom stereocenters. The monoisotopic (exact) mass is 235 g/mol. The fourth-order valence-corrected chi connectivity index (χ4v) is 2.79. The first-order valence-corrected chi connectivity index (χ1v) is 6.28. The molecule has 0 bridgehead atoms. The lowest BCUT2D eigenvalue weighted by Gasteiger charge is -2.12. The Kier molecular flexibility index (Phi) is 4.85. The first-order chi connectivity index (χ1) is 7.54. The van der Waals surface area contributed by atoms with Crippen molar-refractivity contribution < 1.29 is 5.11 Å². The number of aryl methyl sites for hydroxylation is 3. The zero-order valence-corrected chi connectivity index (χ0v) is 10.8. The molecule has 1 rings (SSSR count). The summed E-state index contributed by atoms with van der Waals surface area (Å²) in [5.74, 6) is 0.582. The third kappa shape index (κ3) is 3.55. The number of aliphatic hydroxyl groups is 1. The summed E-state index contributed by atoms with van der Waals surface area (Å²) < 4.78 is 0. The highest BCUT2D eigenvalue weighted by molar-refractivity contribution is 7.99. The van der Waals surface area contributed by atoms with Crippen molar-refractivity contribution in [2.24, 2.45) is 0 Å². The Bertz CT molecular complexity index is 386. The van der Waals surface area contributed by atoms with Crippen LogP contribution in [0.5, 0.6) is 0 Å². The second kappa shape index (κ2) is 5.93. The summed E-state index contributed by atoms with van der Waals surface area (Å²) in [5.41, 5.74) is 3.75. The van der Waals surface area contributed by atoms with Gasteiger partial charge in [0.2, 0.25) is 0 Å². The van der Waals surface area contributed by atoms with E-state index in [4.69, 9.17) is 5.26 Å². The third-order valence-electron chi connectivity index (χ3n) is 2.35. The van der Waals surface area contributed by atoms with Gasteiger partial charge in [0, 0.05) is 10.6 Å². The van der Waals surface area contributed by atoms with Gasteiger partial charge in [-0.05, 0) is 31.9 Å². The Balaban J connectivity index is 2.71. The molecule has 0 radical (unpaired) electrons. The molecule has 0 aliphatic carbocycles. The lowest BCUT2D eigenvalue weighted by Crippen LogP contribution is -2.08. The average molecular weight is 235 g/mol. The molecule has 0 saturated heterocycles. The fourth-order valence-electron chi connectivity index (χ4n) is 1.74. The number of hydrogen-bond donors (Lipinski definition) is 1. The Morgan fingerprint density at radius 2 is 1.88 bits per heavy atom. The molecular formula is C13H17NOS. The van der Waals surface area contributed by atoms with E-state index in [2.05, 4.69) is 32.9 Å². The molecular weight excluding hydrogens is 218 g/mol. The van der Waals surface area contributed by atoms with Crippen molar-refractivity contribution in [1.29, 1.82) is 5.26 Å². The molecule has 86 valence electrons. The summed E-state index contributed by atoms with van der Waals surface area (Å²) in [6.07, 6.45) is -0.327. The molecule has 1 aromatic rings. The molecule has 16 heavy (non-hydrogen) atoms. The van der Waals surface area contributed by atoms with Gasteiger partial charge < -0.3 is 5.11 Å². The molecule has 0 spiro atoms. The minimum absolute atomic E-state index is 0.205. The van der Waals surface area contributed by atoms with Gasteiger partial charge in [-0.3, -0.25) is 0 Å². The van der Waals surface area contributed by atoms with Crippen molar-refractivity contribution in [3.63, 3.8) is 0 Å². The van der Waals surface area contributed by atoms with Crippen molar-refractivity contribution in [2.45, 2.75) is 38.2 Å². The maximum atomic E-state index is 9.50. The Morgan fingerprint density at radius 3 is 2.38 bits per heavy atom. The van der Waals surface area contributed by atoms with Crippen LogP contribution >= 0.6 is 11.8 Å². The average Bonchev–Trinajstić information content (AvgIpc) is 2.16. The number of thioether (sulfide) groups is 1. The van der Waals surface area contributed by atoms with Gasteiger partial charge in [-0.2, -0.15) is 5.26 Å². The largest absolute Gasteiger partial charge is 0.391 e. The lowest BCUT2D eigenvalue weighted by atomic mass is 10.1. The quantitative estimate of drug-likeness (QED) is 0.816. The van der Waals surface area contributed by atoms with Crippen molar-refractivity contribution in [3.05, 3.63) is 28.8 Å². The Labute approximate surface area is 101 Å². The molecule has 0 aromatic heterocycles. The highest BCUT2D eigenvalue weighted by atomic mass is 32.2. The van der Waals surface area contributed by atoms with E-state index in [1.807, 2.05) is 6.07 Å². The van der Waals surface area contributed by atoms with Crippen molar-refractivity contribution >= 4 is 11.8 Å². The predicted octanol–water partition coefficient (Wildman–Crippen LogP) is 2.98. The van der Waals surface area contributed by atoms with E-state index < -0.39 is 6.10 Å². The first-order valence-electron chi connectivity index (χ1n) is 5.30. The zero-order chi connectivity index (χ0) is 12.1. The van der Waals surface area contributed by atoms with Crippen molar-refractivity contribution in [2.75, 3.05) is 5.75 Å². The van der Waals surface area contributed by atoms with E-state index >= 15 is 0 Å². The standard InChI is InChI=1S/C13H17NOS/c1-9-6-10(2)13(11(3)7-9)16-8-12(15)4-5-14/h6-7,12,15H,4,8H2,1-3H3. The number of aliphatic hydroxyl groups excluding tert-OH is 1. The minimum atomic E-state index is -0.532. The molecule has 3 heteroatoms. The van der Waals surface area contributed by atoms with Crippen LogP contribution in [0.1, 0.15) is 23.1 Å². The Morgan fingerprint density at radius 1 is 1.31 bits per heavy atom. The second-order valence-corrected chi connectivity index (χ2v) is 5.09. The van der Waals surface area contributed by atoms with Crippen molar-refractivity contribution in [1.82, 2.24) is 0 Å². The summed E-state index contributed by atoms with van der Waals surface area (Å²) in [7, 11) is 0. The molecule has 0 fully saturated rings. The summed E-state index contributed by atoms with van der Waals surface area (Å²) in [6.45, 7) is 6.25. The molecule has 0 heterocycles. The van der Waals surface area contributed by atoms with Crippen LogP contribution in [-0.2, 0) is 0 Å². The van der Waals surface area contributed by atoms with Crippen LogP contribution in [0.2, 0.25) is 0 Å². The number of nitrogens with zero attached hydrogens (tertiary/aromatic N) is 1. The van der Waals surface area contributed by atoms with Crippen LogP contribution in [0.25, 0.3) is 0 Å². The van der Waals surface area contributed by atoms with E-state index in [-0.39, 0.29) is 6.42 Å². The van der Waals surface area contributed by atoms with Crippen molar-refractivity contribution in [3.8, 4) is 6.07 Å². The van der Waals surface area contributed by atoms with Gasteiger partial charge in [0.05, 0.1) is 18.6 Å². The smallest absolute Gasteiger partial charge is 0.0763 e. The van der Waals surface area contributed by atoms with Crippen LogP contribution < -0.4 is 0 Å². The van der Waals surface area contributed by atoms with Gasteiger partial charge in [-0.1, -0.05) is 17.7 Å². The van der Waals surface area contributed by atoms with Crippen LogP contribution in [0.15, 0.2) is 17.0 Å². The van der Waals surface area contributed by atoms with E-state index in [1.165, 1.54) is 21.6 Å². The summed E-state index contributed by atoms with van der Waals surface area (Å²) in [6, 6.07) is 6.27. The van der Waals surface area contributed by atoms with Crippen LogP contribution in [0, 0.1) is 32.1 Å². The number of benzene rings is 1. The predicted molar refractivity (Wildman–Crippen MR) is 67.6 cm³/mol. The third-order valence-corrected chi connectivity index (χ3v) is 3.84. The normalized spacial score (nSPS) is 12.2. The lowest BCUT2D eigenvalue weighted by molar-refractivity contribution is 0.205. The second-order valence-electron chi connectivity index (χ2n) is 4.05. The first kappa shape index (κ1) is 13.1. The van der Waals surface area contributed by atoms with Crippen LogP contribution in [0.4, 0.5) is 0 Å². The summed E-state index contributed by atoms with van der Waals surface area (Å²) in [5, 5.41) is 18.0. The maximum absolute atomic E-state index is 9.50. The van der Waals surface area contributed by atoms with Crippen LogP contribution in [-0.4, -0.2) is 17.0 Å². The van der Waals surface area contributed by atoms with Crippen LogP contribution in [0.3, 0.4) is 0 Å². The highest BCUT2D eigenvalue weighted by Crippen LogP contribution is 2.28. The maximum Gasteiger partial charge on any atom is 0.0763 e. The van der Waals surface area contributed by atoms with E-state index in [1.54, 1.807) is 11.8 Å². The fraction of sp³-hybridized carbons (Fsp3) is 0.462. The van der Waals surface area contributed by atoms with Gasteiger partial charge in [-0.25, -0.2) is 0 Å². The number of rotatable bonds is 4. The molecule has 0 saturated carbocycles. The van der Waals surface area contributed by atoms with Gasteiger partial charge in [-0.15, -0.1) is 11.8 Å². The summed E-state index contributed by atoms with van der Waals surface area (Å²) >= 11 is 1.63. The zero-order valence-electron chi connectivity index (χ0n) is 9.95. The van der Waals surface area contributed by atoms with Gasteiger partial charge in [0.15, 0.2) is 0 Å². The topological polar surface area (TPSA) is 44.0 Å². The minimum Gasteiger partial charge on any atom is -0.391 e. The number of nitriles is 1. The molecule has 1 aromatic carbocycles. The van der Waals surface area contributed by atoms with E-state index in [9.17, 15) is 5.11 Å². The number of hydrogen-bond acceptors (Lipinski definition) is 3. The van der Waals surface area contributed by atoms with Gasteiger partial charge in [0.25, 0.3) is 0 Å². The van der Waals surface area contributed by atoms with Gasteiger partial charge in [0.1, 0.15) is 0 Å².